The molecule has 96 valence electrons. The summed E-state index contributed by atoms with van der Waals surface area (Å²) in [5.74, 6) is 0.133. The Morgan fingerprint density at radius 3 is 2.83 bits per heavy atom. The van der Waals surface area contributed by atoms with Gasteiger partial charge in [0.1, 0.15) is 5.69 Å². The summed E-state index contributed by atoms with van der Waals surface area (Å²) < 4.78 is 1.16. The van der Waals surface area contributed by atoms with Crippen molar-refractivity contribution in [2.75, 3.05) is 32.7 Å². The van der Waals surface area contributed by atoms with Crippen molar-refractivity contribution in [2.45, 2.75) is 6.92 Å². The van der Waals surface area contributed by atoms with Crippen LogP contribution in [-0.4, -0.2) is 53.4 Å². The van der Waals surface area contributed by atoms with E-state index >= 15 is 0 Å². The minimum absolute atomic E-state index is 0.133. The fourth-order valence-corrected chi connectivity index (χ4v) is 3.18. The Bertz CT molecular complexity index is 523. The van der Waals surface area contributed by atoms with Gasteiger partial charge in [-0.15, -0.1) is 11.3 Å². The normalized spacial score (nSPS) is 17.5. The minimum Gasteiger partial charge on any atom is -0.350 e. The minimum atomic E-state index is 0.133. The van der Waals surface area contributed by atoms with Crippen LogP contribution in [0, 0.1) is 0 Å². The Kier molecular flexibility index (Phi) is 3.09. The maximum absolute atomic E-state index is 12.3. The maximum Gasteiger partial charge on any atom is 0.270 e. The van der Waals surface area contributed by atoms with E-state index in [-0.39, 0.29) is 5.91 Å². The van der Waals surface area contributed by atoms with Gasteiger partial charge in [-0.05, 0) is 24.1 Å². The lowest BCUT2D eigenvalue weighted by Gasteiger charge is -2.33. The number of thiophene rings is 1. The van der Waals surface area contributed by atoms with E-state index in [1.54, 1.807) is 11.3 Å². The molecule has 1 aliphatic rings. The van der Waals surface area contributed by atoms with Crippen molar-refractivity contribution in [2.24, 2.45) is 0 Å². The van der Waals surface area contributed by atoms with Gasteiger partial charge in [-0.1, -0.05) is 6.92 Å². The molecule has 1 saturated heterocycles. The van der Waals surface area contributed by atoms with Crippen LogP contribution in [0.3, 0.4) is 0 Å². The van der Waals surface area contributed by atoms with Crippen molar-refractivity contribution in [3.05, 3.63) is 23.2 Å². The predicted octanol–water partition coefficient (Wildman–Crippen LogP) is 2.01. The Morgan fingerprint density at radius 2 is 2.17 bits per heavy atom. The van der Waals surface area contributed by atoms with Gasteiger partial charge in [0.05, 0.1) is 10.2 Å². The van der Waals surface area contributed by atoms with Crippen molar-refractivity contribution < 1.29 is 4.79 Å². The fraction of sp³-hybridized carbons (Fsp3) is 0.462. The van der Waals surface area contributed by atoms with Crippen molar-refractivity contribution in [1.82, 2.24) is 14.8 Å². The van der Waals surface area contributed by atoms with Crippen LogP contribution >= 0.6 is 11.3 Å². The van der Waals surface area contributed by atoms with Gasteiger partial charge >= 0.3 is 0 Å². The van der Waals surface area contributed by atoms with Crippen LogP contribution in [0.25, 0.3) is 10.2 Å². The molecule has 0 aromatic carbocycles. The summed E-state index contributed by atoms with van der Waals surface area (Å²) in [5.41, 5.74) is 1.79. The van der Waals surface area contributed by atoms with Crippen molar-refractivity contribution in [3.63, 3.8) is 0 Å². The monoisotopic (exact) mass is 263 g/mol. The molecule has 1 aliphatic heterocycles. The van der Waals surface area contributed by atoms with Gasteiger partial charge in [-0.25, -0.2) is 0 Å². The van der Waals surface area contributed by atoms with E-state index in [4.69, 9.17) is 0 Å². The highest BCUT2D eigenvalue weighted by atomic mass is 32.1. The first-order valence-corrected chi connectivity index (χ1v) is 7.23. The number of hydrogen-bond donors (Lipinski definition) is 1. The number of likely N-dealkylation sites (N-methyl/N-ethyl adjacent to an activating group) is 1. The van der Waals surface area contributed by atoms with Gasteiger partial charge < -0.3 is 14.8 Å². The highest BCUT2D eigenvalue weighted by Crippen LogP contribution is 2.22. The molecule has 4 nitrogen and oxygen atoms in total. The molecule has 1 fully saturated rings. The summed E-state index contributed by atoms with van der Waals surface area (Å²) in [6, 6.07) is 3.99. The molecule has 3 rings (SSSR count). The van der Waals surface area contributed by atoms with Crippen LogP contribution in [-0.2, 0) is 0 Å². The van der Waals surface area contributed by atoms with E-state index < -0.39 is 0 Å². The van der Waals surface area contributed by atoms with Gasteiger partial charge in [-0.3, -0.25) is 4.79 Å². The predicted molar refractivity (Wildman–Crippen MR) is 74.2 cm³/mol. The zero-order valence-corrected chi connectivity index (χ0v) is 11.3. The Hall–Kier alpha value is -1.33. The number of nitrogens with one attached hydrogen (secondary N) is 1. The molecule has 1 amide bonds. The Morgan fingerprint density at radius 1 is 1.39 bits per heavy atom. The molecule has 2 aromatic rings. The summed E-state index contributed by atoms with van der Waals surface area (Å²) in [6.07, 6.45) is 0. The zero-order chi connectivity index (χ0) is 12.5. The highest BCUT2D eigenvalue weighted by molar-refractivity contribution is 7.17. The lowest BCUT2D eigenvalue weighted by atomic mass is 10.3. The quantitative estimate of drug-likeness (QED) is 0.900. The average Bonchev–Trinajstić information content (AvgIpc) is 2.99. The standard InChI is InChI=1S/C13H17N3OS/c1-2-15-4-6-16(7-5-15)13(17)11-9-12-10(14-11)3-8-18-12/h3,8-9,14H,2,4-7H2,1H3. The van der Waals surface area contributed by atoms with Crippen LogP contribution in [0.2, 0.25) is 0 Å². The van der Waals surface area contributed by atoms with E-state index in [0.29, 0.717) is 0 Å². The number of H-pyrrole nitrogens is 1. The summed E-state index contributed by atoms with van der Waals surface area (Å²) >= 11 is 1.67. The molecule has 18 heavy (non-hydrogen) atoms. The molecule has 0 saturated carbocycles. The summed E-state index contributed by atoms with van der Waals surface area (Å²) in [6.45, 7) is 6.87. The number of amides is 1. The largest absolute Gasteiger partial charge is 0.350 e. The molecule has 0 spiro atoms. The summed E-state index contributed by atoms with van der Waals surface area (Å²) in [7, 11) is 0. The molecular formula is C13H17N3OS. The second-order valence-corrected chi connectivity index (χ2v) is 5.56. The second-order valence-electron chi connectivity index (χ2n) is 4.61. The van der Waals surface area contributed by atoms with Gasteiger partial charge in [-0.2, -0.15) is 0 Å². The fourth-order valence-electron chi connectivity index (χ4n) is 2.40. The molecule has 0 aliphatic carbocycles. The SMILES string of the molecule is CCN1CCN(C(=O)c2cc3sccc3[nH]2)CC1. The van der Waals surface area contributed by atoms with E-state index in [1.807, 2.05) is 22.4 Å². The average molecular weight is 263 g/mol. The molecule has 0 unspecified atom stereocenters. The topological polar surface area (TPSA) is 39.3 Å². The molecule has 0 bridgehead atoms. The lowest BCUT2D eigenvalue weighted by molar-refractivity contribution is 0.0638. The zero-order valence-electron chi connectivity index (χ0n) is 10.5. The summed E-state index contributed by atoms with van der Waals surface area (Å²) in [5, 5.41) is 2.04. The van der Waals surface area contributed by atoms with Gasteiger partial charge in [0.25, 0.3) is 5.91 Å². The van der Waals surface area contributed by atoms with Gasteiger partial charge in [0, 0.05) is 26.2 Å². The molecule has 2 aromatic heterocycles. The third-order valence-electron chi connectivity index (χ3n) is 3.58. The first-order valence-electron chi connectivity index (χ1n) is 6.36. The smallest absolute Gasteiger partial charge is 0.270 e. The van der Waals surface area contributed by atoms with E-state index in [1.165, 1.54) is 0 Å². The first kappa shape index (κ1) is 11.7. The number of carbonyl (C=O) groups excluding carboxylic acids is 1. The Balaban J connectivity index is 1.73. The van der Waals surface area contributed by atoms with E-state index in [0.717, 1.165) is 48.6 Å². The van der Waals surface area contributed by atoms with Crippen LogP contribution < -0.4 is 0 Å². The van der Waals surface area contributed by atoms with Crippen LogP contribution in [0.5, 0.6) is 0 Å². The number of aromatic nitrogens is 1. The molecule has 3 heterocycles. The van der Waals surface area contributed by atoms with Crippen molar-refractivity contribution >= 4 is 27.5 Å². The number of aromatic amines is 1. The summed E-state index contributed by atoms with van der Waals surface area (Å²) in [4.78, 5) is 19.9. The molecule has 5 heteroatoms. The van der Waals surface area contributed by atoms with Gasteiger partial charge in [0.2, 0.25) is 0 Å². The molecule has 1 N–H and O–H groups in total. The van der Waals surface area contributed by atoms with Crippen LogP contribution in [0.15, 0.2) is 17.5 Å². The second kappa shape index (κ2) is 4.74. The third kappa shape index (κ3) is 2.04. The number of piperazine rings is 1. The van der Waals surface area contributed by atoms with Gasteiger partial charge in [0.15, 0.2) is 0 Å². The number of rotatable bonds is 2. The maximum atomic E-state index is 12.3. The third-order valence-corrected chi connectivity index (χ3v) is 4.44. The first-order chi connectivity index (χ1) is 8.78. The number of fused-ring (bicyclic) bond motifs is 1. The number of nitrogens with zero attached hydrogens (tertiary/aromatic N) is 2. The van der Waals surface area contributed by atoms with Crippen LogP contribution in [0.4, 0.5) is 0 Å². The Labute approximate surface area is 110 Å². The van der Waals surface area contributed by atoms with Crippen LogP contribution in [0.1, 0.15) is 17.4 Å². The molecular weight excluding hydrogens is 246 g/mol. The van der Waals surface area contributed by atoms with E-state index in [2.05, 4.69) is 16.8 Å². The van der Waals surface area contributed by atoms with Crippen molar-refractivity contribution in [1.29, 1.82) is 0 Å². The number of hydrogen-bond acceptors (Lipinski definition) is 3. The lowest BCUT2D eigenvalue weighted by Crippen LogP contribution is -2.48. The van der Waals surface area contributed by atoms with Crippen molar-refractivity contribution in [3.8, 4) is 0 Å². The number of carbonyl (C=O) groups is 1. The van der Waals surface area contributed by atoms with E-state index in [9.17, 15) is 4.79 Å². The molecule has 0 radical (unpaired) electrons. The molecule has 0 atom stereocenters. The highest BCUT2D eigenvalue weighted by Gasteiger charge is 2.22.